The van der Waals surface area contributed by atoms with Crippen LogP contribution in [0.4, 0.5) is 15.8 Å². The third kappa shape index (κ3) is 4.36. The van der Waals surface area contributed by atoms with Crippen molar-refractivity contribution in [3.05, 3.63) is 69.0 Å². The first kappa shape index (κ1) is 18.3. The Morgan fingerprint density at radius 3 is 2.65 bits per heavy atom. The summed E-state index contributed by atoms with van der Waals surface area (Å²) < 4.78 is 14.0. The molecule has 1 aliphatic rings. The minimum atomic E-state index is -0.548. The predicted molar refractivity (Wildman–Crippen MR) is 96.6 cm³/mol. The van der Waals surface area contributed by atoms with Gasteiger partial charge in [-0.3, -0.25) is 19.8 Å². The molecule has 0 radical (unpaired) electrons. The molecule has 0 spiro atoms. The van der Waals surface area contributed by atoms with Crippen LogP contribution in [-0.2, 0) is 11.3 Å². The van der Waals surface area contributed by atoms with Crippen LogP contribution >= 0.6 is 11.6 Å². The van der Waals surface area contributed by atoms with E-state index in [-0.39, 0.29) is 30.5 Å². The molecule has 6 nitrogen and oxygen atoms in total. The molecule has 26 heavy (non-hydrogen) atoms. The maximum absolute atomic E-state index is 14.0. The van der Waals surface area contributed by atoms with Gasteiger partial charge in [-0.25, -0.2) is 4.39 Å². The predicted octanol–water partition coefficient (Wildman–Crippen LogP) is 3.99. The average molecular weight is 378 g/mol. The zero-order valence-corrected chi connectivity index (χ0v) is 14.6. The number of amides is 1. The fourth-order valence-electron chi connectivity index (χ4n) is 2.75. The quantitative estimate of drug-likeness (QED) is 0.584. The number of nitrogens with zero attached hydrogens (tertiary/aromatic N) is 2. The van der Waals surface area contributed by atoms with Gasteiger partial charge in [0.15, 0.2) is 0 Å². The van der Waals surface area contributed by atoms with Gasteiger partial charge in [0, 0.05) is 29.2 Å². The van der Waals surface area contributed by atoms with Gasteiger partial charge in [-0.15, -0.1) is 0 Å². The van der Waals surface area contributed by atoms with Crippen LogP contribution in [0.25, 0.3) is 0 Å². The number of hydrogen-bond acceptors (Lipinski definition) is 4. The van der Waals surface area contributed by atoms with Gasteiger partial charge in [0.2, 0.25) is 5.91 Å². The third-order valence-electron chi connectivity index (χ3n) is 4.21. The second-order valence-electron chi connectivity index (χ2n) is 6.16. The summed E-state index contributed by atoms with van der Waals surface area (Å²) in [5.41, 5.74) is 0.317. The third-order valence-corrected chi connectivity index (χ3v) is 4.56. The van der Waals surface area contributed by atoms with Crippen molar-refractivity contribution in [3.63, 3.8) is 0 Å². The van der Waals surface area contributed by atoms with Crippen LogP contribution in [0, 0.1) is 15.9 Å². The number of rotatable bonds is 7. The molecule has 0 atom stereocenters. The van der Waals surface area contributed by atoms with Gasteiger partial charge in [-0.2, -0.15) is 0 Å². The van der Waals surface area contributed by atoms with Crippen LogP contribution in [0.3, 0.4) is 0 Å². The summed E-state index contributed by atoms with van der Waals surface area (Å²) in [5, 5.41) is 13.9. The topological polar surface area (TPSA) is 75.5 Å². The molecular formula is C18H17ClFN3O3. The molecular weight excluding hydrogens is 361 g/mol. The number of hydrogen-bond donors (Lipinski definition) is 1. The van der Waals surface area contributed by atoms with Crippen molar-refractivity contribution in [3.8, 4) is 0 Å². The lowest BCUT2D eigenvalue weighted by atomic mass is 10.2. The number of nitro benzene ring substituents is 1. The summed E-state index contributed by atoms with van der Waals surface area (Å²) in [6.45, 7) is 0.210. The molecule has 2 aromatic rings. The molecule has 1 N–H and O–H groups in total. The Morgan fingerprint density at radius 1 is 1.27 bits per heavy atom. The zero-order valence-electron chi connectivity index (χ0n) is 13.8. The fraction of sp³-hybridized carbons (Fsp3) is 0.278. The first-order valence-electron chi connectivity index (χ1n) is 8.16. The molecule has 1 fully saturated rings. The molecule has 0 bridgehead atoms. The number of nitro groups is 1. The molecule has 1 amide bonds. The van der Waals surface area contributed by atoms with Crippen molar-refractivity contribution < 1.29 is 14.1 Å². The fourth-order valence-corrected chi connectivity index (χ4v) is 2.98. The molecule has 1 aliphatic carbocycles. The number of para-hydroxylation sites is 2. The second kappa shape index (κ2) is 7.80. The molecule has 0 saturated heterocycles. The van der Waals surface area contributed by atoms with Gasteiger partial charge >= 0.3 is 0 Å². The van der Waals surface area contributed by atoms with E-state index in [4.69, 9.17) is 11.6 Å². The lowest BCUT2D eigenvalue weighted by molar-refractivity contribution is -0.383. The number of anilines is 1. The van der Waals surface area contributed by atoms with Crippen LogP contribution < -0.4 is 5.32 Å². The highest BCUT2D eigenvalue weighted by Crippen LogP contribution is 2.31. The van der Waals surface area contributed by atoms with Crippen LogP contribution in [0.15, 0.2) is 42.5 Å². The molecule has 1 saturated carbocycles. The van der Waals surface area contributed by atoms with Gasteiger partial charge in [-0.05, 0) is 31.0 Å². The van der Waals surface area contributed by atoms with E-state index in [9.17, 15) is 19.3 Å². The zero-order chi connectivity index (χ0) is 18.7. The lowest BCUT2D eigenvalue weighted by Gasteiger charge is -2.22. The van der Waals surface area contributed by atoms with Crippen molar-refractivity contribution in [1.82, 2.24) is 4.90 Å². The SMILES string of the molecule is O=C(CN(Cc1c(F)cccc1Cl)C1CC1)Nc1ccccc1[N+](=O)[O-]. The number of halogens is 2. The number of carbonyl (C=O) groups excluding carboxylic acids is 1. The summed E-state index contributed by atoms with van der Waals surface area (Å²) in [4.78, 5) is 24.7. The highest BCUT2D eigenvalue weighted by atomic mass is 35.5. The summed E-state index contributed by atoms with van der Waals surface area (Å²) in [6.07, 6.45) is 1.84. The Balaban J connectivity index is 1.71. The smallest absolute Gasteiger partial charge is 0.292 e. The van der Waals surface area contributed by atoms with Gasteiger partial charge in [0.05, 0.1) is 11.5 Å². The number of carbonyl (C=O) groups is 1. The molecule has 136 valence electrons. The summed E-state index contributed by atoms with van der Waals surface area (Å²) in [6, 6.07) is 10.6. The molecule has 0 unspecified atom stereocenters. The van der Waals surface area contributed by atoms with E-state index in [2.05, 4.69) is 5.32 Å². The van der Waals surface area contributed by atoms with E-state index in [1.165, 1.54) is 30.3 Å². The van der Waals surface area contributed by atoms with E-state index in [1.54, 1.807) is 12.1 Å². The van der Waals surface area contributed by atoms with Crippen LogP contribution in [0.5, 0.6) is 0 Å². The minimum Gasteiger partial charge on any atom is -0.319 e. The Bertz CT molecular complexity index is 822. The van der Waals surface area contributed by atoms with Gasteiger partial charge in [0.1, 0.15) is 11.5 Å². The maximum atomic E-state index is 14.0. The molecule has 8 heteroatoms. The summed E-state index contributed by atoms with van der Waals surface area (Å²) in [5.74, 6) is -0.805. The summed E-state index contributed by atoms with van der Waals surface area (Å²) >= 11 is 6.08. The lowest BCUT2D eigenvalue weighted by Crippen LogP contribution is -2.35. The van der Waals surface area contributed by atoms with Gasteiger partial charge < -0.3 is 5.32 Å². The Morgan fingerprint density at radius 2 is 2.00 bits per heavy atom. The van der Waals surface area contributed by atoms with E-state index < -0.39 is 16.6 Å². The van der Waals surface area contributed by atoms with Crippen molar-refractivity contribution in [2.45, 2.75) is 25.4 Å². The van der Waals surface area contributed by atoms with Crippen molar-refractivity contribution >= 4 is 28.9 Å². The molecule has 0 aliphatic heterocycles. The molecule has 0 aromatic heterocycles. The Hall–Kier alpha value is -2.51. The van der Waals surface area contributed by atoms with E-state index in [1.807, 2.05) is 4.90 Å². The molecule has 2 aromatic carbocycles. The highest BCUT2D eigenvalue weighted by molar-refractivity contribution is 6.31. The Kier molecular flexibility index (Phi) is 5.49. The van der Waals surface area contributed by atoms with E-state index in [0.717, 1.165) is 12.8 Å². The Labute approximate surface area is 154 Å². The van der Waals surface area contributed by atoms with Crippen molar-refractivity contribution in [1.29, 1.82) is 0 Å². The first-order chi connectivity index (χ1) is 12.5. The molecule has 3 rings (SSSR count). The normalized spacial score (nSPS) is 13.7. The number of benzene rings is 2. The monoisotopic (exact) mass is 377 g/mol. The first-order valence-corrected chi connectivity index (χ1v) is 8.53. The largest absolute Gasteiger partial charge is 0.319 e. The molecule has 0 heterocycles. The van der Waals surface area contributed by atoms with Gasteiger partial charge in [-0.1, -0.05) is 29.8 Å². The van der Waals surface area contributed by atoms with Crippen LogP contribution in [0.1, 0.15) is 18.4 Å². The van der Waals surface area contributed by atoms with Crippen LogP contribution in [0.2, 0.25) is 5.02 Å². The van der Waals surface area contributed by atoms with Crippen molar-refractivity contribution in [2.24, 2.45) is 0 Å². The summed E-state index contributed by atoms with van der Waals surface area (Å²) in [7, 11) is 0. The maximum Gasteiger partial charge on any atom is 0.292 e. The second-order valence-corrected chi connectivity index (χ2v) is 6.57. The van der Waals surface area contributed by atoms with Crippen molar-refractivity contribution in [2.75, 3.05) is 11.9 Å². The standard InChI is InChI=1S/C18H17ClFN3O3/c19-14-4-3-5-15(20)13(14)10-22(12-8-9-12)11-18(24)21-16-6-1-2-7-17(16)23(25)26/h1-7,12H,8-11H2,(H,21,24). The number of nitrogens with one attached hydrogen (secondary N) is 1. The van der Waals surface area contributed by atoms with Gasteiger partial charge in [0.25, 0.3) is 5.69 Å². The van der Waals surface area contributed by atoms with Crippen LogP contribution in [-0.4, -0.2) is 28.3 Å². The van der Waals surface area contributed by atoms with E-state index in [0.29, 0.717) is 10.6 Å². The highest BCUT2D eigenvalue weighted by Gasteiger charge is 2.31. The van der Waals surface area contributed by atoms with E-state index >= 15 is 0 Å². The minimum absolute atomic E-state index is 0.00137. The average Bonchev–Trinajstić information content (AvgIpc) is 3.42.